The SMILES string of the molecule is CCSC(=O)NCCc1ccccn1. The normalized spacial score (nSPS) is 9.79. The fourth-order valence-electron chi connectivity index (χ4n) is 1.02. The van der Waals surface area contributed by atoms with Gasteiger partial charge in [0.05, 0.1) is 0 Å². The van der Waals surface area contributed by atoms with Crippen molar-refractivity contribution in [1.82, 2.24) is 10.3 Å². The lowest BCUT2D eigenvalue weighted by atomic mass is 10.3. The maximum absolute atomic E-state index is 11.1. The first kappa shape index (κ1) is 11.0. The van der Waals surface area contributed by atoms with Crippen LogP contribution >= 0.6 is 11.8 Å². The van der Waals surface area contributed by atoms with E-state index in [1.165, 1.54) is 11.8 Å². The number of rotatable bonds is 4. The lowest BCUT2D eigenvalue weighted by molar-refractivity contribution is 0.261. The van der Waals surface area contributed by atoms with E-state index < -0.39 is 0 Å². The van der Waals surface area contributed by atoms with Crippen LogP contribution in [0.1, 0.15) is 12.6 Å². The summed E-state index contributed by atoms with van der Waals surface area (Å²) in [6.45, 7) is 2.62. The zero-order chi connectivity index (χ0) is 10.2. The number of amides is 1. The first-order valence-corrected chi connectivity index (χ1v) is 5.62. The van der Waals surface area contributed by atoms with Crippen molar-refractivity contribution in [3.63, 3.8) is 0 Å². The molecule has 14 heavy (non-hydrogen) atoms. The highest BCUT2D eigenvalue weighted by atomic mass is 32.2. The predicted molar refractivity (Wildman–Crippen MR) is 59.5 cm³/mol. The van der Waals surface area contributed by atoms with Gasteiger partial charge in [-0.25, -0.2) is 0 Å². The molecule has 0 fully saturated rings. The minimum absolute atomic E-state index is 0.0448. The molecule has 0 radical (unpaired) electrons. The molecule has 1 aromatic rings. The third kappa shape index (κ3) is 4.28. The predicted octanol–water partition coefficient (Wildman–Crippen LogP) is 2.09. The number of aromatic nitrogens is 1. The van der Waals surface area contributed by atoms with Crippen LogP contribution in [0.3, 0.4) is 0 Å². The van der Waals surface area contributed by atoms with Gasteiger partial charge < -0.3 is 5.32 Å². The Hall–Kier alpha value is -1.03. The van der Waals surface area contributed by atoms with Gasteiger partial charge in [0.2, 0.25) is 0 Å². The Bertz CT molecular complexity index is 277. The molecule has 1 rings (SSSR count). The van der Waals surface area contributed by atoms with Crippen molar-refractivity contribution < 1.29 is 4.79 Å². The van der Waals surface area contributed by atoms with Crippen LogP contribution < -0.4 is 5.32 Å². The molecule has 0 bridgehead atoms. The Morgan fingerprint density at radius 3 is 3.07 bits per heavy atom. The van der Waals surface area contributed by atoms with Gasteiger partial charge >= 0.3 is 0 Å². The van der Waals surface area contributed by atoms with Crippen LogP contribution in [0.2, 0.25) is 0 Å². The highest BCUT2D eigenvalue weighted by molar-refractivity contribution is 8.13. The molecule has 0 aliphatic rings. The minimum Gasteiger partial charge on any atom is -0.347 e. The Morgan fingerprint density at radius 1 is 1.57 bits per heavy atom. The van der Waals surface area contributed by atoms with Crippen molar-refractivity contribution in [3.8, 4) is 0 Å². The van der Waals surface area contributed by atoms with Crippen molar-refractivity contribution in [2.75, 3.05) is 12.3 Å². The van der Waals surface area contributed by atoms with Crippen molar-refractivity contribution in [3.05, 3.63) is 30.1 Å². The van der Waals surface area contributed by atoms with Crippen molar-refractivity contribution in [2.45, 2.75) is 13.3 Å². The van der Waals surface area contributed by atoms with E-state index in [9.17, 15) is 4.79 Å². The van der Waals surface area contributed by atoms with Gasteiger partial charge in [-0.1, -0.05) is 24.8 Å². The Morgan fingerprint density at radius 2 is 2.43 bits per heavy atom. The van der Waals surface area contributed by atoms with E-state index in [1.54, 1.807) is 6.20 Å². The highest BCUT2D eigenvalue weighted by Gasteiger charge is 1.98. The number of nitrogens with zero attached hydrogens (tertiary/aromatic N) is 1. The Kier molecular flexibility index (Phi) is 5.07. The molecule has 0 aromatic carbocycles. The van der Waals surface area contributed by atoms with Gasteiger partial charge in [0, 0.05) is 24.9 Å². The van der Waals surface area contributed by atoms with E-state index in [-0.39, 0.29) is 5.24 Å². The minimum atomic E-state index is 0.0448. The molecule has 1 amide bonds. The maximum atomic E-state index is 11.1. The molecular weight excluding hydrogens is 196 g/mol. The second-order valence-electron chi connectivity index (χ2n) is 2.72. The Labute approximate surface area is 88.3 Å². The second kappa shape index (κ2) is 6.43. The molecule has 76 valence electrons. The summed E-state index contributed by atoms with van der Waals surface area (Å²) in [7, 11) is 0. The van der Waals surface area contributed by atoms with Gasteiger partial charge in [-0.05, 0) is 17.9 Å². The highest BCUT2D eigenvalue weighted by Crippen LogP contribution is 1.99. The monoisotopic (exact) mass is 210 g/mol. The number of carbonyl (C=O) groups excluding carboxylic acids is 1. The molecule has 0 saturated carbocycles. The quantitative estimate of drug-likeness (QED) is 0.827. The standard InChI is InChI=1S/C10H14N2OS/c1-2-14-10(13)12-8-6-9-5-3-4-7-11-9/h3-5,7H,2,6,8H2,1H3,(H,12,13). The number of thioether (sulfide) groups is 1. The van der Waals surface area contributed by atoms with E-state index >= 15 is 0 Å². The van der Waals surface area contributed by atoms with Crippen LogP contribution in [0, 0.1) is 0 Å². The number of carbonyl (C=O) groups is 1. The van der Waals surface area contributed by atoms with Crippen LogP contribution in [0.4, 0.5) is 4.79 Å². The van der Waals surface area contributed by atoms with E-state index in [2.05, 4.69) is 10.3 Å². The Balaban J connectivity index is 2.19. The molecule has 0 unspecified atom stereocenters. The molecule has 1 heterocycles. The van der Waals surface area contributed by atoms with Crippen LogP contribution in [-0.2, 0) is 6.42 Å². The van der Waals surface area contributed by atoms with E-state index in [0.717, 1.165) is 17.9 Å². The largest absolute Gasteiger partial charge is 0.347 e. The second-order valence-corrected chi connectivity index (χ2v) is 3.96. The third-order valence-corrected chi connectivity index (χ3v) is 2.35. The maximum Gasteiger partial charge on any atom is 0.279 e. The third-order valence-electron chi connectivity index (χ3n) is 1.65. The van der Waals surface area contributed by atoms with Crippen LogP contribution in [0.5, 0.6) is 0 Å². The topological polar surface area (TPSA) is 42.0 Å². The summed E-state index contributed by atoms with van der Waals surface area (Å²) in [5.41, 5.74) is 1.01. The van der Waals surface area contributed by atoms with Crippen LogP contribution in [0.25, 0.3) is 0 Å². The number of hydrogen-bond acceptors (Lipinski definition) is 3. The first-order valence-electron chi connectivity index (χ1n) is 4.63. The molecule has 4 heteroatoms. The zero-order valence-electron chi connectivity index (χ0n) is 8.19. The molecule has 1 aromatic heterocycles. The molecule has 1 N–H and O–H groups in total. The van der Waals surface area contributed by atoms with Gasteiger partial charge in [0.15, 0.2) is 0 Å². The average molecular weight is 210 g/mol. The van der Waals surface area contributed by atoms with Gasteiger partial charge in [-0.3, -0.25) is 9.78 Å². The van der Waals surface area contributed by atoms with E-state index in [4.69, 9.17) is 0 Å². The van der Waals surface area contributed by atoms with Crippen molar-refractivity contribution in [1.29, 1.82) is 0 Å². The summed E-state index contributed by atoms with van der Waals surface area (Å²) in [5.74, 6) is 0.815. The molecule has 0 atom stereocenters. The zero-order valence-corrected chi connectivity index (χ0v) is 9.01. The molecule has 0 saturated heterocycles. The molecule has 0 aliphatic carbocycles. The van der Waals surface area contributed by atoms with E-state index in [0.29, 0.717) is 6.54 Å². The van der Waals surface area contributed by atoms with Gasteiger partial charge in [-0.2, -0.15) is 0 Å². The summed E-state index contributed by atoms with van der Waals surface area (Å²) in [5, 5.41) is 2.86. The van der Waals surface area contributed by atoms with Crippen LogP contribution in [0.15, 0.2) is 24.4 Å². The number of nitrogens with one attached hydrogen (secondary N) is 1. The van der Waals surface area contributed by atoms with Crippen LogP contribution in [-0.4, -0.2) is 22.5 Å². The summed E-state index contributed by atoms with van der Waals surface area (Å²) in [6.07, 6.45) is 2.55. The van der Waals surface area contributed by atoms with Crippen molar-refractivity contribution in [2.24, 2.45) is 0 Å². The molecule has 0 spiro atoms. The molecule has 0 aliphatic heterocycles. The molecular formula is C10H14N2OS. The fourth-order valence-corrected chi connectivity index (χ4v) is 1.49. The first-order chi connectivity index (χ1) is 6.83. The summed E-state index contributed by atoms with van der Waals surface area (Å²) < 4.78 is 0. The van der Waals surface area contributed by atoms with Gasteiger partial charge in [0.25, 0.3) is 5.24 Å². The lowest BCUT2D eigenvalue weighted by Crippen LogP contribution is -2.21. The summed E-state index contributed by atoms with van der Waals surface area (Å²) >= 11 is 1.30. The smallest absolute Gasteiger partial charge is 0.279 e. The summed E-state index contributed by atoms with van der Waals surface area (Å²) in [4.78, 5) is 15.2. The van der Waals surface area contributed by atoms with Crippen molar-refractivity contribution >= 4 is 17.0 Å². The van der Waals surface area contributed by atoms with E-state index in [1.807, 2.05) is 25.1 Å². The number of pyridine rings is 1. The average Bonchev–Trinajstić information content (AvgIpc) is 2.20. The van der Waals surface area contributed by atoms with Gasteiger partial charge in [-0.15, -0.1) is 0 Å². The molecule has 3 nitrogen and oxygen atoms in total. The summed E-state index contributed by atoms with van der Waals surface area (Å²) in [6, 6.07) is 5.79. The fraction of sp³-hybridized carbons (Fsp3) is 0.400. The lowest BCUT2D eigenvalue weighted by Gasteiger charge is -2.02. The number of hydrogen-bond donors (Lipinski definition) is 1. The van der Waals surface area contributed by atoms with Gasteiger partial charge in [0.1, 0.15) is 0 Å².